The van der Waals surface area contributed by atoms with Gasteiger partial charge in [0.05, 0.1) is 31.8 Å². The Labute approximate surface area is 137 Å². The summed E-state index contributed by atoms with van der Waals surface area (Å²) in [6.07, 6.45) is 8.09. The molecule has 0 radical (unpaired) electrons. The molecule has 0 aromatic carbocycles. The van der Waals surface area contributed by atoms with E-state index in [-0.39, 0.29) is 0 Å². The minimum absolute atomic E-state index is 0.406. The van der Waals surface area contributed by atoms with Gasteiger partial charge < -0.3 is 25.3 Å². The molecule has 0 unspecified atom stereocenters. The first kappa shape index (κ1) is 24.1. The van der Waals surface area contributed by atoms with Crippen molar-refractivity contribution in [1.82, 2.24) is 4.90 Å². The summed E-state index contributed by atoms with van der Waals surface area (Å²) in [4.78, 5) is 2.64. The fourth-order valence-corrected chi connectivity index (χ4v) is 1.78. The summed E-state index contributed by atoms with van der Waals surface area (Å²) < 4.78 is 0. The summed E-state index contributed by atoms with van der Waals surface area (Å²) in [5.41, 5.74) is -1.11. The average molecular weight is 322 g/mol. The molecule has 22 heavy (non-hydrogen) atoms. The lowest BCUT2D eigenvalue weighted by molar-refractivity contribution is -0.0328. The van der Waals surface area contributed by atoms with Crippen LogP contribution in [0.25, 0.3) is 0 Å². The molecule has 0 saturated heterocycles. The highest BCUT2D eigenvalue weighted by atomic mass is 16.3. The van der Waals surface area contributed by atoms with Crippen molar-refractivity contribution in [3.63, 3.8) is 0 Å². The molecular weight excluding hydrogens is 282 g/mol. The molecule has 0 heterocycles. The lowest BCUT2D eigenvalue weighted by atomic mass is 9.93. The SMILES string of the molecule is CCCCN(CCCC)CCCC.OCC(CO)(CO)CO. The molecule has 0 bridgehead atoms. The number of nitrogens with zero attached hydrogens (tertiary/aromatic N) is 1. The number of aliphatic hydroxyl groups is 4. The van der Waals surface area contributed by atoms with Crippen molar-refractivity contribution in [2.75, 3.05) is 46.1 Å². The molecule has 0 rings (SSSR count). The molecule has 4 N–H and O–H groups in total. The first-order valence-corrected chi connectivity index (χ1v) is 8.75. The summed E-state index contributed by atoms with van der Waals surface area (Å²) in [6, 6.07) is 0. The monoisotopic (exact) mass is 321 g/mol. The van der Waals surface area contributed by atoms with Crippen LogP contribution in [0.2, 0.25) is 0 Å². The Morgan fingerprint density at radius 2 is 0.864 bits per heavy atom. The van der Waals surface area contributed by atoms with Gasteiger partial charge in [-0.1, -0.05) is 40.0 Å². The minimum atomic E-state index is -1.11. The Kier molecular flexibility index (Phi) is 18.8. The molecule has 0 atom stereocenters. The largest absolute Gasteiger partial charge is 0.396 e. The van der Waals surface area contributed by atoms with Gasteiger partial charge >= 0.3 is 0 Å². The van der Waals surface area contributed by atoms with Crippen LogP contribution in [0.4, 0.5) is 0 Å². The molecule has 0 saturated carbocycles. The summed E-state index contributed by atoms with van der Waals surface area (Å²) in [6.45, 7) is 9.15. The van der Waals surface area contributed by atoms with E-state index in [4.69, 9.17) is 20.4 Å². The second-order valence-electron chi connectivity index (χ2n) is 6.03. The van der Waals surface area contributed by atoms with Gasteiger partial charge in [-0.15, -0.1) is 0 Å². The Bertz CT molecular complexity index is 174. The smallest absolute Gasteiger partial charge is 0.0627 e. The van der Waals surface area contributed by atoms with E-state index in [2.05, 4.69) is 25.7 Å². The van der Waals surface area contributed by atoms with Crippen molar-refractivity contribution in [2.24, 2.45) is 5.41 Å². The number of unbranched alkanes of at least 4 members (excludes halogenated alkanes) is 3. The molecule has 136 valence electrons. The Morgan fingerprint density at radius 3 is 1.00 bits per heavy atom. The van der Waals surface area contributed by atoms with Gasteiger partial charge in [-0.3, -0.25) is 0 Å². The number of rotatable bonds is 13. The van der Waals surface area contributed by atoms with Gasteiger partial charge in [-0.05, 0) is 38.9 Å². The van der Waals surface area contributed by atoms with E-state index in [9.17, 15) is 0 Å². The first-order valence-electron chi connectivity index (χ1n) is 8.75. The van der Waals surface area contributed by atoms with Gasteiger partial charge in [-0.25, -0.2) is 0 Å². The van der Waals surface area contributed by atoms with Gasteiger partial charge in [-0.2, -0.15) is 0 Å². The third-order valence-electron chi connectivity index (χ3n) is 3.83. The van der Waals surface area contributed by atoms with Gasteiger partial charge in [0.1, 0.15) is 0 Å². The summed E-state index contributed by atoms with van der Waals surface area (Å²) >= 11 is 0. The van der Waals surface area contributed by atoms with Gasteiger partial charge in [0, 0.05) is 0 Å². The maximum atomic E-state index is 8.50. The van der Waals surface area contributed by atoms with Gasteiger partial charge in [0.25, 0.3) is 0 Å². The molecule has 0 spiro atoms. The predicted molar refractivity (Wildman–Crippen MR) is 91.9 cm³/mol. The second-order valence-corrected chi connectivity index (χ2v) is 6.03. The molecule has 0 aliphatic rings. The fraction of sp³-hybridized carbons (Fsp3) is 1.00. The van der Waals surface area contributed by atoms with Crippen LogP contribution in [-0.4, -0.2) is 71.4 Å². The van der Waals surface area contributed by atoms with Crippen LogP contribution < -0.4 is 0 Å². The summed E-state index contributed by atoms with van der Waals surface area (Å²) in [5, 5.41) is 34.0. The Hall–Kier alpha value is -0.200. The fourth-order valence-electron chi connectivity index (χ4n) is 1.78. The molecule has 0 amide bonds. The lowest BCUT2D eigenvalue weighted by Gasteiger charge is -2.23. The van der Waals surface area contributed by atoms with Crippen LogP contribution in [0.1, 0.15) is 59.3 Å². The van der Waals surface area contributed by atoms with Gasteiger partial charge in [0.15, 0.2) is 0 Å². The normalized spacial score (nSPS) is 11.5. The highest BCUT2D eigenvalue weighted by Gasteiger charge is 2.26. The van der Waals surface area contributed by atoms with E-state index in [1.54, 1.807) is 0 Å². The minimum Gasteiger partial charge on any atom is -0.396 e. The zero-order valence-corrected chi connectivity index (χ0v) is 14.9. The number of hydrogen-bond donors (Lipinski definition) is 4. The van der Waals surface area contributed by atoms with Crippen molar-refractivity contribution < 1.29 is 20.4 Å². The van der Waals surface area contributed by atoms with E-state index in [0.29, 0.717) is 0 Å². The van der Waals surface area contributed by atoms with E-state index >= 15 is 0 Å². The molecule has 5 nitrogen and oxygen atoms in total. The van der Waals surface area contributed by atoms with Crippen LogP contribution in [0, 0.1) is 5.41 Å². The molecule has 0 aromatic rings. The third-order valence-corrected chi connectivity index (χ3v) is 3.83. The highest BCUT2D eigenvalue weighted by Crippen LogP contribution is 2.11. The Morgan fingerprint density at radius 1 is 0.591 bits per heavy atom. The second kappa shape index (κ2) is 17.2. The number of hydrogen-bond acceptors (Lipinski definition) is 5. The molecule has 5 heteroatoms. The van der Waals surface area contributed by atoms with E-state index < -0.39 is 31.8 Å². The van der Waals surface area contributed by atoms with Crippen LogP contribution in [-0.2, 0) is 0 Å². The highest BCUT2D eigenvalue weighted by molar-refractivity contribution is 4.74. The summed E-state index contributed by atoms with van der Waals surface area (Å²) in [5.74, 6) is 0. The third kappa shape index (κ3) is 12.4. The quantitative estimate of drug-likeness (QED) is 0.414. The van der Waals surface area contributed by atoms with Crippen LogP contribution in [0.3, 0.4) is 0 Å². The van der Waals surface area contributed by atoms with E-state index in [1.165, 1.54) is 58.2 Å². The zero-order chi connectivity index (χ0) is 17.3. The molecular formula is C17H39NO4. The van der Waals surface area contributed by atoms with Crippen molar-refractivity contribution in [3.8, 4) is 0 Å². The van der Waals surface area contributed by atoms with Crippen molar-refractivity contribution in [2.45, 2.75) is 59.3 Å². The van der Waals surface area contributed by atoms with E-state index in [0.717, 1.165) is 0 Å². The molecule has 0 aliphatic heterocycles. The maximum Gasteiger partial charge on any atom is 0.0627 e. The Balaban J connectivity index is 0. The topological polar surface area (TPSA) is 84.2 Å². The van der Waals surface area contributed by atoms with Crippen LogP contribution in [0.5, 0.6) is 0 Å². The van der Waals surface area contributed by atoms with Crippen molar-refractivity contribution in [1.29, 1.82) is 0 Å². The van der Waals surface area contributed by atoms with Crippen molar-refractivity contribution >= 4 is 0 Å². The lowest BCUT2D eigenvalue weighted by Crippen LogP contribution is -2.37. The van der Waals surface area contributed by atoms with Gasteiger partial charge in [0.2, 0.25) is 0 Å². The first-order chi connectivity index (χ1) is 10.6. The maximum absolute atomic E-state index is 8.50. The molecule has 0 fully saturated rings. The zero-order valence-electron chi connectivity index (χ0n) is 14.9. The predicted octanol–water partition coefficient (Wildman–Crippen LogP) is 1.63. The van der Waals surface area contributed by atoms with E-state index in [1.807, 2.05) is 0 Å². The standard InChI is InChI=1S/C12H27N.C5H12O4/c1-4-7-10-13(11-8-5-2)12-9-6-3;6-1-5(2-7,3-8)4-9/h4-12H2,1-3H3;6-9H,1-4H2. The van der Waals surface area contributed by atoms with Crippen LogP contribution >= 0.6 is 0 Å². The number of aliphatic hydroxyl groups excluding tert-OH is 4. The summed E-state index contributed by atoms with van der Waals surface area (Å²) in [7, 11) is 0. The molecule has 0 aliphatic carbocycles. The average Bonchev–Trinajstić information content (AvgIpc) is 2.57. The molecule has 0 aromatic heterocycles. The van der Waals surface area contributed by atoms with Crippen molar-refractivity contribution in [3.05, 3.63) is 0 Å². The van der Waals surface area contributed by atoms with Crippen LogP contribution in [0.15, 0.2) is 0 Å².